The molecule has 19 heavy (non-hydrogen) atoms. The molecular formula is C19H16. The molecule has 0 aliphatic heterocycles. The van der Waals surface area contributed by atoms with Gasteiger partial charge in [0.15, 0.2) is 0 Å². The van der Waals surface area contributed by atoms with Crippen LogP contribution in [0.1, 0.15) is 36.0 Å². The lowest BCUT2D eigenvalue weighted by atomic mass is 9.93. The van der Waals surface area contributed by atoms with Crippen LogP contribution in [-0.4, -0.2) is 0 Å². The van der Waals surface area contributed by atoms with Crippen LogP contribution in [0.15, 0.2) is 54.6 Å². The van der Waals surface area contributed by atoms with Crippen LogP contribution in [0.5, 0.6) is 0 Å². The Labute approximate surface area is 115 Å². The van der Waals surface area contributed by atoms with Crippen LogP contribution in [0.25, 0.3) is 0 Å². The van der Waals surface area contributed by atoms with Gasteiger partial charge in [-0.05, 0) is 30.2 Å². The van der Waals surface area contributed by atoms with Gasteiger partial charge in [-0.15, -0.1) is 6.42 Å². The van der Waals surface area contributed by atoms with Crippen molar-refractivity contribution >= 4 is 0 Å². The van der Waals surface area contributed by atoms with Gasteiger partial charge in [0.25, 0.3) is 0 Å². The molecule has 2 aromatic carbocycles. The van der Waals surface area contributed by atoms with Crippen LogP contribution in [0.4, 0.5) is 0 Å². The fraction of sp³-hybridized carbons (Fsp3) is 0.158. The predicted octanol–water partition coefficient (Wildman–Crippen LogP) is 4.21. The van der Waals surface area contributed by atoms with Crippen LogP contribution in [0.2, 0.25) is 0 Å². The largest absolute Gasteiger partial charge is 0.119 e. The second kappa shape index (κ2) is 6.48. The summed E-state index contributed by atoms with van der Waals surface area (Å²) >= 11 is 0. The number of rotatable bonds is 2. The number of hydrogen-bond acceptors (Lipinski definition) is 0. The van der Waals surface area contributed by atoms with Gasteiger partial charge in [-0.3, -0.25) is 0 Å². The minimum Gasteiger partial charge on any atom is -0.119 e. The molecule has 0 nitrogen and oxygen atoms in total. The van der Waals surface area contributed by atoms with Gasteiger partial charge in [0.2, 0.25) is 0 Å². The fourth-order valence-electron chi connectivity index (χ4n) is 2.00. The van der Waals surface area contributed by atoms with Crippen molar-refractivity contribution in [2.45, 2.75) is 19.3 Å². The van der Waals surface area contributed by atoms with E-state index in [-0.39, 0.29) is 5.92 Å². The van der Waals surface area contributed by atoms with Crippen molar-refractivity contribution in [1.82, 2.24) is 0 Å². The molecule has 0 aromatic heterocycles. The third kappa shape index (κ3) is 3.27. The fourth-order valence-corrected chi connectivity index (χ4v) is 2.00. The summed E-state index contributed by atoms with van der Waals surface area (Å²) in [6.45, 7) is 2.10. The van der Waals surface area contributed by atoms with E-state index >= 15 is 0 Å². The lowest BCUT2D eigenvalue weighted by Crippen LogP contribution is -1.97. The van der Waals surface area contributed by atoms with Crippen LogP contribution in [-0.2, 0) is 0 Å². The smallest absolute Gasteiger partial charge is 0.0459 e. The van der Waals surface area contributed by atoms with E-state index in [1.165, 1.54) is 0 Å². The van der Waals surface area contributed by atoms with Crippen molar-refractivity contribution in [3.05, 3.63) is 71.3 Å². The third-order valence-electron chi connectivity index (χ3n) is 3.06. The molecule has 0 saturated heterocycles. The Balaban J connectivity index is 2.37. The van der Waals surface area contributed by atoms with Gasteiger partial charge in [-0.2, -0.15) is 0 Å². The summed E-state index contributed by atoms with van der Waals surface area (Å²) in [6.07, 6.45) is 6.52. The van der Waals surface area contributed by atoms with Crippen LogP contribution < -0.4 is 0 Å². The van der Waals surface area contributed by atoms with Crippen LogP contribution >= 0.6 is 0 Å². The molecule has 0 spiro atoms. The topological polar surface area (TPSA) is 0 Å². The quantitative estimate of drug-likeness (QED) is 0.694. The number of terminal acetylenes is 1. The first-order chi connectivity index (χ1) is 9.35. The van der Waals surface area contributed by atoms with Crippen molar-refractivity contribution < 1.29 is 0 Å². The molecule has 92 valence electrons. The molecule has 0 amide bonds. The maximum absolute atomic E-state index is 5.59. The lowest BCUT2D eigenvalue weighted by Gasteiger charge is -2.10. The summed E-state index contributed by atoms with van der Waals surface area (Å²) in [6, 6.07) is 18.1. The number of benzene rings is 2. The van der Waals surface area contributed by atoms with Gasteiger partial charge >= 0.3 is 0 Å². The summed E-state index contributed by atoms with van der Waals surface area (Å²) in [4.78, 5) is 0. The molecule has 2 rings (SSSR count). The molecule has 1 atom stereocenters. The monoisotopic (exact) mass is 244 g/mol. The van der Waals surface area contributed by atoms with Gasteiger partial charge in [0, 0.05) is 17.0 Å². The zero-order chi connectivity index (χ0) is 13.5. The molecule has 0 aliphatic carbocycles. The van der Waals surface area contributed by atoms with Gasteiger partial charge in [0.1, 0.15) is 0 Å². The first-order valence-electron chi connectivity index (χ1n) is 6.47. The SMILES string of the molecule is C#CC(CC)c1ccccc1C#Cc1ccccc1. The van der Waals surface area contributed by atoms with E-state index < -0.39 is 0 Å². The van der Waals surface area contributed by atoms with E-state index in [0.29, 0.717) is 0 Å². The van der Waals surface area contributed by atoms with E-state index in [1.807, 2.05) is 48.5 Å². The zero-order valence-electron chi connectivity index (χ0n) is 11.1. The first kappa shape index (κ1) is 13.0. The average molecular weight is 244 g/mol. The van der Waals surface area contributed by atoms with Gasteiger partial charge in [0.05, 0.1) is 0 Å². The highest BCUT2D eigenvalue weighted by molar-refractivity contribution is 5.48. The van der Waals surface area contributed by atoms with Crippen molar-refractivity contribution in [3.63, 3.8) is 0 Å². The Morgan fingerprint density at radius 2 is 1.63 bits per heavy atom. The van der Waals surface area contributed by atoms with E-state index in [9.17, 15) is 0 Å². The van der Waals surface area contributed by atoms with E-state index in [1.54, 1.807) is 0 Å². The first-order valence-corrected chi connectivity index (χ1v) is 6.47. The summed E-state index contributed by atoms with van der Waals surface area (Å²) in [7, 11) is 0. The Morgan fingerprint density at radius 1 is 0.947 bits per heavy atom. The maximum Gasteiger partial charge on any atom is 0.0459 e. The van der Waals surface area contributed by atoms with Crippen molar-refractivity contribution in [2.75, 3.05) is 0 Å². The summed E-state index contributed by atoms with van der Waals surface area (Å²) in [5.74, 6) is 9.40. The standard InChI is InChI=1S/C19H16/c1-3-17(4-2)19-13-9-8-12-18(19)15-14-16-10-6-5-7-11-16/h1,5-13,17H,4H2,2H3. The maximum atomic E-state index is 5.59. The molecule has 0 heteroatoms. The normalized spacial score (nSPS) is 10.9. The number of hydrogen-bond donors (Lipinski definition) is 0. The minimum atomic E-state index is 0.140. The highest BCUT2D eigenvalue weighted by Gasteiger charge is 2.08. The lowest BCUT2D eigenvalue weighted by molar-refractivity contribution is 0.828. The second-order valence-electron chi connectivity index (χ2n) is 4.33. The second-order valence-corrected chi connectivity index (χ2v) is 4.33. The van der Waals surface area contributed by atoms with Gasteiger partial charge in [-0.1, -0.05) is 61.1 Å². The molecule has 0 N–H and O–H groups in total. The molecule has 0 heterocycles. The Morgan fingerprint density at radius 3 is 2.32 bits per heavy atom. The summed E-state index contributed by atoms with van der Waals surface area (Å²) < 4.78 is 0. The summed E-state index contributed by atoms with van der Waals surface area (Å²) in [5, 5.41) is 0. The van der Waals surface area contributed by atoms with Crippen LogP contribution in [0, 0.1) is 24.2 Å². The zero-order valence-corrected chi connectivity index (χ0v) is 11.1. The molecule has 0 radical (unpaired) electrons. The predicted molar refractivity (Wildman–Crippen MR) is 80.7 cm³/mol. The molecule has 0 bridgehead atoms. The van der Waals surface area contributed by atoms with E-state index in [4.69, 9.17) is 6.42 Å². The minimum absolute atomic E-state index is 0.140. The molecule has 0 aliphatic rings. The Hall–Kier alpha value is -2.44. The van der Waals surface area contributed by atoms with Crippen molar-refractivity contribution in [3.8, 4) is 24.2 Å². The van der Waals surface area contributed by atoms with Crippen LogP contribution in [0.3, 0.4) is 0 Å². The Bertz CT molecular complexity index is 633. The van der Waals surface area contributed by atoms with E-state index in [2.05, 4.69) is 30.8 Å². The molecule has 0 fully saturated rings. The summed E-state index contributed by atoms with van der Waals surface area (Å²) in [5.41, 5.74) is 3.19. The molecule has 1 unspecified atom stereocenters. The highest BCUT2D eigenvalue weighted by Crippen LogP contribution is 2.21. The van der Waals surface area contributed by atoms with Crippen molar-refractivity contribution in [2.24, 2.45) is 0 Å². The molecule has 0 saturated carbocycles. The van der Waals surface area contributed by atoms with E-state index in [0.717, 1.165) is 23.1 Å². The molecule has 2 aromatic rings. The Kier molecular flexibility index (Phi) is 4.44. The third-order valence-corrected chi connectivity index (χ3v) is 3.06. The van der Waals surface area contributed by atoms with Crippen molar-refractivity contribution in [1.29, 1.82) is 0 Å². The average Bonchev–Trinajstić information content (AvgIpc) is 2.48. The van der Waals surface area contributed by atoms with Gasteiger partial charge in [-0.25, -0.2) is 0 Å². The highest BCUT2D eigenvalue weighted by atomic mass is 14.1. The van der Waals surface area contributed by atoms with Gasteiger partial charge < -0.3 is 0 Å². The molecular weight excluding hydrogens is 228 g/mol.